The van der Waals surface area contributed by atoms with Crippen LogP contribution in [-0.2, 0) is 10.0 Å². The van der Waals surface area contributed by atoms with Crippen molar-refractivity contribution in [2.75, 3.05) is 62.6 Å². The van der Waals surface area contributed by atoms with Crippen molar-refractivity contribution in [3.8, 4) is 11.5 Å². The normalized spacial score (nSPS) is 18.6. The molecule has 1 atom stereocenters. The van der Waals surface area contributed by atoms with E-state index in [2.05, 4.69) is 55.8 Å². The maximum atomic E-state index is 14.0. The first-order chi connectivity index (χ1) is 30.1. The van der Waals surface area contributed by atoms with Crippen LogP contribution in [0.15, 0.2) is 95.7 Å². The number of H-pyrrole nitrogens is 1. The summed E-state index contributed by atoms with van der Waals surface area (Å²) in [4.78, 5) is 38.5. The predicted molar refractivity (Wildman–Crippen MR) is 239 cm³/mol. The monoisotopic (exact) mass is 902 g/mol. The number of imidazole rings is 1. The smallest absolute Gasteiger partial charge is 0.293 e. The summed E-state index contributed by atoms with van der Waals surface area (Å²) < 4.78 is 61.7. The Morgan fingerprint density at radius 3 is 2.54 bits per heavy atom. The molecule has 0 unspecified atom stereocenters. The number of sulfonamides is 1. The van der Waals surface area contributed by atoms with E-state index in [0.29, 0.717) is 47.9 Å². The van der Waals surface area contributed by atoms with E-state index in [1.54, 1.807) is 29.2 Å². The number of anilines is 2. The lowest BCUT2D eigenvalue weighted by molar-refractivity contribution is -0.384. The fourth-order valence-corrected chi connectivity index (χ4v) is 9.85. The van der Waals surface area contributed by atoms with Gasteiger partial charge in [0.05, 0.1) is 33.8 Å². The second-order valence-corrected chi connectivity index (χ2v) is 19.3. The molecule has 0 saturated carbocycles. The van der Waals surface area contributed by atoms with Crippen molar-refractivity contribution in [2.24, 2.45) is 5.41 Å². The van der Waals surface area contributed by atoms with E-state index in [1.807, 2.05) is 18.2 Å². The van der Waals surface area contributed by atoms with Gasteiger partial charge < -0.3 is 19.9 Å². The van der Waals surface area contributed by atoms with Crippen molar-refractivity contribution < 1.29 is 31.7 Å². The zero-order chi connectivity index (χ0) is 44.5. The number of aromatic nitrogens is 2. The second-order valence-electron chi connectivity index (χ2n) is 17.2. The minimum absolute atomic E-state index is 0.0339. The van der Waals surface area contributed by atoms with Crippen LogP contribution in [0.4, 0.5) is 25.8 Å². The molecule has 3 heterocycles. The number of fused-ring (bicyclic) bond motifs is 1. The number of benzene rings is 4. The molecule has 63 heavy (non-hydrogen) atoms. The van der Waals surface area contributed by atoms with Crippen LogP contribution in [0.25, 0.3) is 16.6 Å². The third kappa shape index (κ3) is 10.3. The van der Waals surface area contributed by atoms with Crippen LogP contribution < -0.4 is 19.7 Å². The van der Waals surface area contributed by atoms with Gasteiger partial charge >= 0.3 is 0 Å². The lowest BCUT2D eigenvalue weighted by Gasteiger charge is -2.39. The maximum absolute atomic E-state index is 14.0. The number of rotatable bonds is 14. The second kappa shape index (κ2) is 18.2. The number of nitrogens with one attached hydrogen (secondary N) is 3. The number of hydrogen-bond donors (Lipinski definition) is 3. The van der Waals surface area contributed by atoms with Crippen molar-refractivity contribution in [1.29, 1.82) is 0 Å². The summed E-state index contributed by atoms with van der Waals surface area (Å²) in [5.74, 6) is -0.582. The average Bonchev–Trinajstić information content (AvgIpc) is 3.91. The van der Waals surface area contributed by atoms with Crippen LogP contribution in [0.1, 0.15) is 55.5 Å². The molecule has 3 N–H and O–H groups in total. The molecular weight excluding hydrogens is 854 g/mol. The molecule has 1 amide bonds. The summed E-state index contributed by atoms with van der Waals surface area (Å²) in [5, 5.41) is 15.8. The molecular formula is C45H49ClF2N8O6S. The maximum Gasteiger partial charge on any atom is 0.293 e. The number of halogens is 3. The Hall–Kier alpha value is -5.62. The van der Waals surface area contributed by atoms with E-state index in [1.165, 1.54) is 35.2 Å². The Morgan fingerprint density at radius 1 is 1.02 bits per heavy atom. The first-order valence-corrected chi connectivity index (χ1v) is 22.8. The van der Waals surface area contributed by atoms with Gasteiger partial charge in [-0.05, 0) is 90.8 Å². The highest BCUT2D eigenvalue weighted by Gasteiger charge is 2.32. The molecule has 332 valence electrons. The molecule has 0 bridgehead atoms. The van der Waals surface area contributed by atoms with Gasteiger partial charge in [-0.25, -0.2) is 26.9 Å². The summed E-state index contributed by atoms with van der Waals surface area (Å²) in [6.07, 6.45) is 2.62. The van der Waals surface area contributed by atoms with Gasteiger partial charge in [0.2, 0.25) is 0 Å². The van der Waals surface area contributed by atoms with Gasteiger partial charge in [-0.1, -0.05) is 49.2 Å². The van der Waals surface area contributed by atoms with Crippen molar-refractivity contribution in [3.05, 3.63) is 117 Å². The number of aromatic amines is 1. The molecule has 0 spiro atoms. The molecule has 2 aliphatic heterocycles. The first kappa shape index (κ1) is 44.0. The number of para-hydroxylation sites is 1. The van der Waals surface area contributed by atoms with Gasteiger partial charge in [-0.15, -0.1) is 0 Å². The summed E-state index contributed by atoms with van der Waals surface area (Å²) in [6, 6.07) is 21.3. The number of carbonyl (C=O) groups is 1. The number of piperazine rings is 1. The number of amides is 1. The van der Waals surface area contributed by atoms with Gasteiger partial charge in [-0.2, -0.15) is 0 Å². The number of carbonyl (C=O) groups excluding carboxylic acids is 1. The quantitative estimate of drug-likeness (QED) is 0.0722. The molecule has 2 saturated heterocycles. The highest BCUT2D eigenvalue weighted by atomic mass is 35.5. The van der Waals surface area contributed by atoms with Crippen molar-refractivity contribution in [2.45, 2.75) is 56.9 Å². The highest BCUT2D eigenvalue weighted by molar-refractivity contribution is 7.90. The molecule has 1 aromatic heterocycles. The average molecular weight is 903 g/mol. The predicted octanol–water partition coefficient (Wildman–Crippen LogP) is 8.57. The topological polar surface area (TPSA) is 166 Å². The molecule has 4 aromatic carbocycles. The molecule has 1 aliphatic carbocycles. The largest absolute Gasteiger partial charge is 0.454 e. The Bertz CT molecular complexity index is 2650. The fourth-order valence-electron chi connectivity index (χ4n) is 8.74. The summed E-state index contributed by atoms with van der Waals surface area (Å²) in [6.45, 7) is 8.71. The third-order valence-corrected chi connectivity index (χ3v) is 13.7. The highest BCUT2D eigenvalue weighted by Crippen LogP contribution is 2.43. The fraction of sp³-hybridized carbons (Fsp3) is 0.378. The van der Waals surface area contributed by atoms with Crippen molar-refractivity contribution in [3.63, 3.8) is 0 Å². The van der Waals surface area contributed by atoms with Crippen LogP contribution in [0, 0.1) is 15.5 Å². The minimum atomic E-state index is -4.65. The number of nitro benzene ring substituents is 1. The van der Waals surface area contributed by atoms with Gasteiger partial charge in [-0.3, -0.25) is 24.7 Å². The minimum Gasteiger partial charge on any atom is -0.454 e. The molecule has 8 rings (SSSR count). The molecule has 2 fully saturated rings. The zero-order valence-electron chi connectivity index (χ0n) is 35.0. The van der Waals surface area contributed by atoms with E-state index >= 15 is 0 Å². The molecule has 18 heteroatoms. The SMILES string of the molecule is CC1(C)CCC(CN2CCN(c3ccc(C(=O)NS(=O)(=O)c4ccc(N[C@@H]5CCN(CC(F)F)C5)c([N+](=O)[O-])c4)c(Oc4cccc5[nH]cnc45)c3)CC2)=C(c2ccc(Cl)cc2)C1. The van der Waals surface area contributed by atoms with Crippen LogP contribution >= 0.6 is 11.6 Å². The Morgan fingerprint density at radius 2 is 1.79 bits per heavy atom. The standard InChI is InChI=1S/C45H49ClF2N8O6S/c1-45(2)16-14-30(36(24-45)29-6-8-31(46)9-7-29)25-53-18-20-55(21-19-53)33-10-12-35(41(22-33)62-40-5-3-4-38-43(40)50-28-49-38)44(57)52-63(60,61)34-11-13-37(39(23-34)56(58)59)51-32-15-17-54(26-32)27-42(47)48/h3-13,22-23,28,32,42,51H,14-21,24-27H2,1-2H3,(H,49,50)(H,52,57)/t32-/m1/s1. The number of nitro groups is 1. The molecule has 0 radical (unpaired) electrons. The van der Waals surface area contributed by atoms with Crippen LogP contribution in [0.5, 0.6) is 11.5 Å². The number of alkyl halides is 2. The Labute approximate surface area is 369 Å². The van der Waals surface area contributed by atoms with Gasteiger partial charge in [0.25, 0.3) is 28.0 Å². The zero-order valence-corrected chi connectivity index (χ0v) is 36.5. The van der Waals surface area contributed by atoms with Crippen molar-refractivity contribution in [1.82, 2.24) is 24.5 Å². The third-order valence-electron chi connectivity index (χ3n) is 12.1. The van der Waals surface area contributed by atoms with Gasteiger partial charge in [0.15, 0.2) is 5.75 Å². The van der Waals surface area contributed by atoms with Crippen molar-refractivity contribution >= 4 is 61.2 Å². The van der Waals surface area contributed by atoms with Crippen LogP contribution in [0.2, 0.25) is 5.02 Å². The van der Waals surface area contributed by atoms with Gasteiger partial charge in [0.1, 0.15) is 17.0 Å². The summed E-state index contributed by atoms with van der Waals surface area (Å²) in [5.41, 5.74) is 5.65. The summed E-state index contributed by atoms with van der Waals surface area (Å²) in [7, 11) is -4.65. The number of nitrogens with zero attached hydrogens (tertiary/aromatic N) is 5. The van der Waals surface area contributed by atoms with E-state index in [9.17, 15) is 32.1 Å². The van der Waals surface area contributed by atoms with E-state index in [-0.39, 0.29) is 35.0 Å². The van der Waals surface area contributed by atoms with E-state index in [0.717, 1.165) is 56.7 Å². The van der Waals surface area contributed by atoms with E-state index in [4.69, 9.17) is 16.3 Å². The number of likely N-dealkylation sites (tertiary alicyclic amines) is 1. The summed E-state index contributed by atoms with van der Waals surface area (Å²) >= 11 is 6.23. The lowest BCUT2D eigenvalue weighted by Crippen LogP contribution is -2.47. The number of hydrogen-bond acceptors (Lipinski definition) is 11. The number of allylic oxidation sites excluding steroid dienone is 1. The molecule has 5 aromatic rings. The number of ether oxygens (including phenoxy) is 1. The van der Waals surface area contributed by atoms with E-state index < -0.39 is 44.4 Å². The molecule has 14 nitrogen and oxygen atoms in total. The Balaban J connectivity index is 1.01. The van der Waals surface area contributed by atoms with Gasteiger partial charge in [0, 0.05) is 74.7 Å². The first-order valence-electron chi connectivity index (χ1n) is 20.9. The lowest BCUT2D eigenvalue weighted by atomic mass is 9.72. The molecule has 3 aliphatic rings. The van der Waals surface area contributed by atoms with Crippen LogP contribution in [0.3, 0.4) is 0 Å². The van der Waals surface area contributed by atoms with Crippen LogP contribution in [-0.4, -0.2) is 104 Å². The Kier molecular flexibility index (Phi) is 12.7.